The van der Waals surface area contributed by atoms with Crippen molar-refractivity contribution in [1.82, 2.24) is 10.2 Å². The van der Waals surface area contributed by atoms with Crippen LogP contribution in [-0.4, -0.2) is 36.0 Å². The first-order valence-corrected chi connectivity index (χ1v) is 10.2. The largest absolute Gasteiger partial charge is 0.493 e. The maximum atomic E-state index is 13.1. The zero-order valence-electron chi connectivity index (χ0n) is 15.1. The molecule has 3 heterocycles. The third-order valence-corrected chi connectivity index (χ3v) is 5.94. The van der Waals surface area contributed by atoms with E-state index in [1.54, 1.807) is 29.5 Å². The number of nitrogens with zero attached hydrogens (tertiary/aromatic N) is 1. The third kappa shape index (κ3) is 4.08. The van der Waals surface area contributed by atoms with Gasteiger partial charge in [-0.3, -0.25) is 4.79 Å². The first kappa shape index (κ1) is 17.9. The topological polar surface area (TPSA) is 70.7 Å². The van der Waals surface area contributed by atoms with Gasteiger partial charge in [0.05, 0.1) is 18.7 Å². The Morgan fingerprint density at radius 3 is 3.04 bits per heavy atom. The highest BCUT2D eigenvalue weighted by Crippen LogP contribution is 2.30. The van der Waals surface area contributed by atoms with E-state index in [-0.39, 0.29) is 18.0 Å². The van der Waals surface area contributed by atoms with Gasteiger partial charge in [0.2, 0.25) is 0 Å². The number of amides is 3. The van der Waals surface area contributed by atoms with Crippen molar-refractivity contribution < 1.29 is 14.3 Å². The SMILES string of the molecule is O=C(NCc1cccs1)Nc1ccc2c(c1)C(=O)N1CCCC[C@H]1CCO2. The van der Waals surface area contributed by atoms with Crippen molar-refractivity contribution >= 4 is 29.0 Å². The number of hydrogen-bond acceptors (Lipinski definition) is 4. The summed E-state index contributed by atoms with van der Waals surface area (Å²) in [7, 11) is 0. The lowest BCUT2D eigenvalue weighted by Crippen LogP contribution is -2.45. The summed E-state index contributed by atoms with van der Waals surface area (Å²) in [4.78, 5) is 28.3. The summed E-state index contributed by atoms with van der Waals surface area (Å²) < 4.78 is 5.83. The molecule has 0 spiro atoms. The number of carbonyl (C=O) groups excluding carboxylic acids is 2. The lowest BCUT2D eigenvalue weighted by atomic mass is 9.97. The molecule has 6 nitrogen and oxygen atoms in total. The Morgan fingerprint density at radius 1 is 1.26 bits per heavy atom. The van der Waals surface area contributed by atoms with E-state index in [1.165, 1.54) is 0 Å². The van der Waals surface area contributed by atoms with E-state index >= 15 is 0 Å². The summed E-state index contributed by atoms with van der Waals surface area (Å²) >= 11 is 1.60. The second-order valence-electron chi connectivity index (χ2n) is 6.88. The van der Waals surface area contributed by atoms with E-state index < -0.39 is 0 Å². The average molecular weight is 385 g/mol. The van der Waals surface area contributed by atoms with Crippen molar-refractivity contribution in [2.24, 2.45) is 0 Å². The minimum Gasteiger partial charge on any atom is -0.493 e. The van der Waals surface area contributed by atoms with Crippen molar-refractivity contribution in [3.8, 4) is 5.75 Å². The summed E-state index contributed by atoms with van der Waals surface area (Å²) in [5.41, 5.74) is 1.11. The van der Waals surface area contributed by atoms with Crippen LogP contribution in [0.2, 0.25) is 0 Å². The highest BCUT2D eigenvalue weighted by molar-refractivity contribution is 7.09. The van der Waals surface area contributed by atoms with Crippen LogP contribution in [-0.2, 0) is 6.54 Å². The Hall–Kier alpha value is -2.54. The Balaban J connectivity index is 1.48. The Bertz CT molecular complexity index is 822. The first-order valence-electron chi connectivity index (χ1n) is 9.36. The number of carbonyl (C=O) groups is 2. The molecular formula is C20H23N3O3S. The number of nitrogens with one attached hydrogen (secondary N) is 2. The molecule has 27 heavy (non-hydrogen) atoms. The Morgan fingerprint density at radius 2 is 2.19 bits per heavy atom. The van der Waals surface area contributed by atoms with Gasteiger partial charge in [-0.15, -0.1) is 11.3 Å². The van der Waals surface area contributed by atoms with Crippen LogP contribution in [0.4, 0.5) is 10.5 Å². The van der Waals surface area contributed by atoms with Crippen LogP contribution in [0.5, 0.6) is 5.75 Å². The molecule has 1 fully saturated rings. The summed E-state index contributed by atoms with van der Waals surface area (Å²) in [6.07, 6.45) is 4.11. The van der Waals surface area contributed by atoms with Gasteiger partial charge in [0.25, 0.3) is 5.91 Å². The third-order valence-electron chi connectivity index (χ3n) is 5.07. The Kier molecular flexibility index (Phi) is 5.29. The number of fused-ring (bicyclic) bond motifs is 2. The monoisotopic (exact) mass is 385 g/mol. The minimum atomic E-state index is -0.293. The van der Waals surface area contributed by atoms with E-state index in [4.69, 9.17) is 4.74 Å². The quantitative estimate of drug-likeness (QED) is 0.843. The lowest BCUT2D eigenvalue weighted by molar-refractivity contribution is 0.0548. The number of anilines is 1. The number of thiophene rings is 1. The molecule has 142 valence electrons. The number of piperidine rings is 1. The molecule has 2 aliphatic rings. The van der Waals surface area contributed by atoms with Crippen LogP contribution in [0.15, 0.2) is 35.7 Å². The lowest BCUT2D eigenvalue weighted by Gasteiger charge is -2.37. The molecule has 2 aromatic rings. The molecule has 0 radical (unpaired) electrons. The van der Waals surface area contributed by atoms with Crippen molar-refractivity contribution in [2.45, 2.75) is 38.3 Å². The average Bonchev–Trinajstić information content (AvgIpc) is 3.20. The van der Waals surface area contributed by atoms with E-state index in [0.29, 0.717) is 30.2 Å². The fourth-order valence-corrected chi connectivity index (χ4v) is 4.33. The number of rotatable bonds is 3. The van der Waals surface area contributed by atoms with Crippen LogP contribution < -0.4 is 15.4 Å². The molecule has 0 saturated carbocycles. The van der Waals surface area contributed by atoms with Crippen LogP contribution in [0.3, 0.4) is 0 Å². The van der Waals surface area contributed by atoms with Crippen LogP contribution in [0.25, 0.3) is 0 Å². The molecule has 1 saturated heterocycles. The molecule has 0 aliphatic carbocycles. The first-order chi connectivity index (χ1) is 13.2. The number of ether oxygens (including phenoxy) is 1. The molecule has 0 unspecified atom stereocenters. The molecule has 1 aromatic heterocycles. The summed E-state index contributed by atoms with van der Waals surface area (Å²) in [6.45, 7) is 1.88. The zero-order chi connectivity index (χ0) is 18.6. The predicted octanol–water partition coefficient (Wildman–Crippen LogP) is 3.85. The zero-order valence-corrected chi connectivity index (χ0v) is 15.9. The van der Waals surface area contributed by atoms with Gasteiger partial charge in [-0.05, 0) is 48.9 Å². The molecule has 0 bridgehead atoms. The maximum absolute atomic E-state index is 13.1. The van der Waals surface area contributed by atoms with Gasteiger partial charge in [0.1, 0.15) is 5.75 Å². The number of benzene rings is 1. The predicted molar refractivity (Wildman–Crippen MR) is 105 cm³/mol. The van der Waals surface area contributed by atoms with E-state index in [9.17, 15) is 9.59 Å². The van der Waals surface area contributed by atoms with E-state index in [2.05, 4.69) is 10.6 Å². The van der Waals surface area contributed by atoms with E-state index in [1.807, 2.05) is 22.4 Å². The standard InChI is InChI=1S/C20H23N3O3S/c24-19-17-12-14(22-20(25)21-13-16-5-3-11-27-16)6-7-18(17)26-10-8-15-4-1-2-9-23(15)19/h3,5-7,11-12,15H,1-2,4,8-10,13H2,(H2,21,22,25)/t15-/m0/s1. The van der Waals surface area contributed by atoms with Crippen LogP contribution in [0, 0.1) is 0 Å². The Labute approximate surface area is 162 Å². The summed E-state index contributed by atoms with van der Waals surface area (Å²) in [5.74, 6) is 0.589. The number of urea groups is 1. The highest BCUT2D eigenvalue weighted by Gasteiger charge is 2.31. The van der Waals surface area contributed by atoms with Gasteiger partial charge in [-0.25, -0.2) is 4.79 Å². The normalized spacial score (nSPS) is 19.2. The summed E-state index contributed by atoms with van der Waals surface area (Å²) in [6, 6.07) is 9.15. The minimum absolute atomic E-state index is 0.00274. The smallest absolute Gasteiger partial charge is 0.319 e. The second-order valence-corrected chi connectivity index (χ2v) is 7.92. The fraction of sp³-hybridized carbons (Fsp3) is 0.400. The fourth-order valence-electron chi connectivity index (χ4n) is 3.68. The van der Waals surface area contributed by atoms with Gasteiger partial charge >= 0.3 is 6.03 Å². The summed E-state index contributed by atoms with van der Waals surface area (Å²) in [5, 5.41) is 7.61. The maximum Gasteiger partial charge on any atom is 0.319 e. The van der Waals surface area contributed by atoms with Crippen molar-refractivity contribution in [1.29, 1.82) is 0 Å². The van der Waals surface area contributed by atoms with E-state index in [0.717, 1.165) is 37.1 Å². The van der Waals surface area contributed by atoms with Gasteiger partial charge in [-0.2, -0.15) is 0 Å². The molecule has 1 atom stereocenters. The number of hydrogen-bond donors (Lipinski definition) is 2. The molecule has 7 heteroatoms. The van der Waals surface area contributed by atoms with Crippen molar-refractivity contribution in [3.63, 3.8) is 0 Å². The van der Waals surface area contributed by atoms with Gasteiger partial charge in [-0.1, -0.05) is 6.07 Å². The molecule has 4 rings (SSSR count). The molecule has 3 amide bonds. The second kappa shape index (κ2) is 8.00. The van der Waals surface area contributed by atoms with Gasteiger partial charge < -0.3 is 20.3 Å². The van der Waals surface area contributed by atoms with Crippen LogP contribution >= 0.6 is 11.3 Å². The molecule has 2 aliphatic heterocycles. The van der Waals surface area contributed by atoms with Gasteiger partial charge in [0.15, 0.2) is 0 Å². The highest BCUT2D eigenvalue weighted by atomic mass is 32.1. The molecule has 1 aromatic carbocycles. The van der Waals surface area contributed by atoms with Crippen LogP contribution in [0.1, 0.15) is 40.9 Å². The van der Waals surface area contributed by atoms with Crippen molar-refractivity contribution in [2.75, 3.05) is 18.5 Å². The molecule has 2 N–H and O–H groups in total. The molecular weight excluding hydrogens is 362 g/mol. The van der Waals surface area contributed by atoms with Gasteiger partial charge in [0, 0.05) is 29.6 Å². The van der Waals surface area contributed by atoms with Crippen molar-refractivity contribution in [3.05, 3.63) is 46.2 Å².